The fraction of sp³-hybridized carbons (Fsp3) is 0.222. The maximum Gasteiger partial charge on any atom is 0.270 e. The third-order valence-corrected chi connectivity index (χ3v) is 7.08. The van der Waals surface area contributed by atoms with Crippen molar-refractivity contribution in [2.24, 2.45) is 0 Å². The Morgan fingerprint density at radius 1 is 0.892 bits per heavy atom. The molecular formula is C27H22BrN3O6. The van der Waals surface area contributed by atoms with Gasteiger partial charge in [-0.15, -0.1) is 0 Å². The SMILES string of the molecule is CCCCOc1ccc([C@H]2[C@H](N3C(=O)c4ccc([N+](=O)[O-])cc4C3=O)C(=O)N2c2ccc(Br)cc2)cc1. The second kappa shape index (κ2) is 9.78. The first-order valence-electron chi connectivity index (χ1n) is 11.8. The molecule has 0 aliphatic carbocycles. The first kappa shape index (κ1) is 24.6. The van der Waals surface area contributed by atoms with Gasteiger partial charge in [-0.2, -0.15) is 0 Å². The molecule has 188 valence electrons. The van der Waals surface area contributed by atoms with Gasteiger partial charge in [-0.25, -0.2) is 0 Å². The molecule has 9 nitrogen and oxygen atoms in total. The molecule has 0 aromatic heterocycles. The number of carbonyl (C=O) groups excluding carboxylic acids is 3. The molecule has 37 heavy (non-hydrogen) atoms. The van der Waals surface area contributed by atoms with Crippen LogP contribution in [0.3, 0.4) is 0 Å². The van der Waals surface area contributed by atoms with E-state index in [0.717, 1.165) is 33.8 Å². The van der Waals surface area contributed by atoms with Crippen LogP contribution in [0.4, 0.5) is 11.4 Å². The molecule has 0 saturated carbocycles. The summed E-state index contributed by atoms with van der Waals surface area (Å²) in [4.78, 5) is 53.2. The van der Waals surface area contributed by atoms with Crippen molar-refractivity contribution in [2.75, 3.05) is 11.5 Å². The second-order valence-electron chi connectivity index (χ2n) is 8.81. The fourth-order valence-electron chi connectivity index (χ4n) is 4.66. The Labute approximate surface area is 220 Å². The van der Waals surface area contributed by atoms with Gasteiger partial charge in [0.15, 0.2) is 0 Å². The quantitative estimate of drug-likeness (QED) is 0.121. The van der Waals surface area contributed by atoms with E-state index in [-0.39, 0.29) is 16.8 Å². The number of anilines is 1. The molecule has 10 heteroatoms. The number of carbonyl (C=O) groups is 3. The Morgan fingerprint density at radius 2 is 1.57 bits per heavy atom. The number of unbranched alkanes of at least 4 members (excludes halogenated alkanes) is 1. The van der Waals surface area contributed by atoms with Gasteiger partial charge in [0.1, 0.15) is 11.8 Å². The lowest BCUT2D eigenvalue weighted by atomic mass is 9.86. The largest absolute Gasteiger partial charge is 0.494 e. The number of rotatable bonds is 8. The number of nitro groups is 1. The molecule has 0 N–H and O–H groups in total. The van der Waals surface area contributed by atoms with Gasteiger partial charge in [0.05, 0.1) is 28.7 Å². The number of fused-ring (bicyclic) bond motifs is 1. The van der Waals surface area contributed by atoms with Crippen LogP contribution in [0.15, 0.2) is 71.2 Å². The van der Waals surface area contributed by atoms with Crippen LogP contribution in [-0.2, 0) is 4.79 Å². The summed E-state index contributed by atoms with van der Waals surface area (Å²) in [6, 6.07) is 16.2. The van der Waals surface area contributed by atoms with Crippen LogP contribution in [0.5, 0.6) is 5.75 Å². The lowest BCUT2D eigenvalue weighted by molar-refractivity contribution is -0.384. The maximum absolute atomic E-state index is 13.5. The highest BCUT2D eigenvalue weighted by molar-refractivity contribution is 9.10. The van der Waals surface area contributed by atoms with Crippen molar-refractivity contribution in [3.05, 3.63) is 98.0 Å². The van der Waals surface area contributed by atoms with Crippen molar-refractivity contribution in [3.8, 4) is 5.75 Å². The maximum atomic E-state index is 13.5. The number of nitrogens with zero attached hydrogens (tertiary/aromatic N) is 3. The fourth-order valence-corrected chi connectivity index (χ4v) is 4.92. The molecule has 1 fully saturated rings. The number of imide groups is 1. The van der Waals surface area contributed by atoms with E-state index >= 15 is 0 Å². The van der Waals surface area contributed by atoms with Crippen LogP contribution < -0.4 is 9.64 Å². The minimum Gasteiger partial charge on any atom is -0.494 e. The highest BCUT2D eigenvalue weighted by Gasteiger charge is 2.57. The van der Waals surface area contributed by atoms with Crippen LogP contribution in [0.2, 0.25) is 0 Å². The molecule has 3 aromatic rings. The molecule has 0 unspecified atom stereocenters. The van der Waals surface area contributed by atoms with Crippen molar-refractivity contribution >= 4 is 45.0 Å². The van der Waals surface area contributed by atoms with Crippen molar-refractivity contribution < 1.29 is 24.0 Å². The molecule has 3 aromatic carbocycles. The minimum absolute atomic E-state index is 0.0453. The molecule has 2 heterocycles. The summed E-state index contributed by atoms with van der Waals surface area (Å²) in [5.41, 5.74) is 1.01. The number of amides is 3. The first-order chi connectivity index (χ1) is 17.8. The predicted molar refractivity (Wildman–Crippen MR) is 139 cm³/mol. The molecule has 0 radical (unpaired) electrons. The van der Waals surface area contributed by atoms with Gasteiger partial charge in [0.2, 0.25) is 0 Å². The smallest absolute Gasteiger partial charge is 0.270 e. The Bertz CT molecular complexity index is 1410. The third-order valence-electron chi connectivity index (χ3n) is 6.55. The van der Waals surface area contributed by atoms with E-state index in [1.54, 1.807) is 41.3 Å². The zero-order valence-electron chi connectivity index (χ0n) is 19.8. The van der Waals surface area contributed by atoms with Crippen LogP contribution >= 0.6 is 15.9 Å². The van der Waals surface area contributed by atoms with E-state index < -0.39 is 34.7 Å². The van der Waals surface area contributed by atoms with Crippen molar-refractivity contribution in [2.45, 2.75) is 31.8 Å². The normalized spacial score (nSPS) is 18.6. The number of hydrogen-bond donors (Lipinski definition) is 0. The molecular weight excluding hydrogens is 542 g/mol. The zero-order chi connectivity index (χ0) is 26.3. The lowest BCUT2D eigenvalue weighted by Crippen LogP contribution is -2.67. The van der Waals surface area contributed by atoms with E-state index in [4.69, 9.17) is 4.74 Å². The predicted octanol–water partition coefficient (Wildman–Crippen LogP) is 5.29. The first-order valence-corrected chi connectivity index (χ1v) is 12.6. The Morgan fingerprint density at radius 3 is 2.22 bits per heavy atom. The van der Waals surface area contributed by atoms with E-state index in [0.29, 0.717) is 18.0 Å². The van der Waals surface area contributed by atoms with E-state index in [1.807, 2.05) is 12.1 Å². The number of ether oxygens (including phenoxy) is 1. The van der Waals surface area contributed by atoms with Gasteiger partial charge in [-0.3, -0.25) is 29.4 Å². The van der Waals surface area contributed by atoms with Crippen molar-refractivity contribution in [1.82, 2.24) is 4.90 Å². The van der Waals surface area contributed by atoms with Gasteiger partial charge in [-0.05, 0) is 54.4 Å². The summed E-state index contributed by atoms with van der Waals surface area (Å²) >= 11 is 3.39. The number of halogens is 1. The molecule has 2 aliphatic heterocycles. The van der Waals surface area contributed by atoms with E-state index in [1.165, 1.54) is 12.1 Å². The molecule has 2 atom stereocenters. The standard InChI is InChI=1S/C27H22BrN3O6/c1-2-3-14-37-20-11-4-16(5-12-20)23-24(27(34)29(23)18-8-6-17(28)7-9-18)30-25(32)21-13-10-19(31(35)36)15-22(21)26(30)33/h4-13,15,23-24H,2-3,14H2,1H3/t23-,24-/m0/s1. The Kier molecular flexibility index (Phi) is 6.51. The number of nitro benzene ring substituents is 1. The minimum atomic E-state index is -1.10. The summed E-state index contributed by atoms with van der Waals surface area (Å²) in [6.07, 6.45) is 1.94. The summed E-state index contributed by atoms with van der Waals surface area (Å²) in [5, 5.41) is 11.2. The zero-order valence-corrected chi connectivity index (χ0v) is 21.4. The number of hydrogen-bond acceptors (Lipinski definition) is 6. The highest BCUT2D eigenvalue weighted by atomic mass is 79.9. The van der Waals surface area contributed by atoms with Gasteiger partial charge in [0.25, 0.3) is 23.4 Å². The monoisotopic (exact) mass is 563 g/mol. The van der Waals surface area contributed by atoms with E-state index in [9.17, 15) is 24.5 Å². The van der Waals surface area contributed by atoms with Crippen LogP contribution in [0.1, 0.15) is 52.1 Å². The lowest BCUT2D eigenvalue weighted by Gasteiger charge is -2.49. The van der Waals surface area contributed by atoms with Crippen molar-refractivity contribution in [3.63, 3.8) is 0 Å². The average molecular weight is 564 g/mol. The molecule has 5 rings (SSSR count). The molecule has 2 aliphatic rings. The molecule has 1 saturated heterocycles. The van der Waals surface area contributed by atoms with Gasteiger partial charge >= 0.3 is 0 Å². The third kappa shape index (κ3) is 4.27. The van der Waals surface area contributed by atoms with Crippen LogP contribution in [-0.4, -0.2) is 40.2 Å². The van der Waals surface area contributed by atoms with Crippen LogP contribution in [0, 0.1) is 10.1 Å². The molecule has 3 amide bonds. The van der Waals surface area contributed by atoms with Gasteiger partial charge in [-0.1, -0.05) is 41.4 Å². The van der Waals surface area contributed by atoms with E-state index in [2.05, 4.69) is 22.9 Å². The van der Waals surface area contributed by atoms with Gasteiger partial charge in [0, 0.05) is 22.3 Å². The number of β-lactam (4-membered cyclic amide) rings is 1. The Hall–Kier alpha value is -4.05. The van der Waals surface area contributed by atoms with Crippen LogP contribution in [0.25, 0.3) is 0 Å². The summed E-state index contributed by atoms with van der Waals surface area (Å²) in [7, 11) is 0. The van der Waals surface area contributed by atoms with Crippen molar-refractivity contribution in [1.29, 1.82) is 0 Å². The summed E-state index contributed by atoms with van der Waals surface area (Å²) < 4.78 is 6.59. The highest BCUT2D eigenvalue weighted by Crippen LogP contribution is 2.45. The number of benzene rings is 3. The summed E-state index contributed by atoms with van der Waals surface area (Å²) in [5.74, 6) is -1.10. The van der Waals surface area contributed by atoms with Gasteiger partial charge < -0.3 is 9.64 Å². The Balaban J connectivity index is 1.51. The second-order valence-corrected chi connectivity index (χ2v) is 9.73. The summed E-state index contributed by atoms with van der Waals surface area (Å²) in [6.45, 7) is 2.67. The molecule has 0 bridgehead atoms. The molecule has 0 spiro atoms. The topological polar surface area (TPSA) is 110 Å². The average Bonchev–Trinajstić information content (AvgIpc) is 3.13. The number of non-ortho nitro benzene ring substituents is 1.